The Morgan fingerprint density at radius 2 is 1.93 bits per heavy atom. The summed E-state index contributed by atoms with van der Waals surface area (Å²) in [4.78, 5) is 15.5. The Kier molecular flexibility index (Phi) is 5.41. The van der Waals surface area contributed by atoms with Gasteiger partial charge >= 0.3 is 0 Å². The molecule has 0 saturated carbocycles. The zero-order valence-corrected chi connectivity index (χ0v) is 16.3. The number of thiophene rings is 1. The largest absolute Gasteiger partial charge is 0.489 e. The molecule has 3 aromatic rings. The predicted octanol–water partition coefficient (Wildman–Crippen LogP) is 4.30. The fraction of sp³-hybridized carbons (Fsp3) is 0.318. The van der Waals surface area contributed by atoms with Gasteiger partial charge in [-0.3, -0.25) is 4.79 Å². The highest BCUT2D eigenvalue weighted by atomic mass is 32.1. The molecule has 1 N–H and O–H groups in total. The second-order valence-corrected chi connectivity index (χ2v) is 8.08. The number of nitrogens with one attached hydrogen (secondary N) is 1. The Morgan fingerprint density at radius 3 is 2.74 bits per heavy atom. The molecule has 0 unspecified atom stereocenters. The lowest BCUT2D eigenvalue weighted by atomic mass is 10.1. The number of likely N-dealkylation sites (tertiary alicyclic amines) is 1. The second-order valence-electron chi connectivity index (χ2n) is 7.17. The lowest BCUT2D eigenvalue weighted by Gasteiger charge is -2.29. The van der Waals surface area contributed by atoms with Crippen LogP contribution in [0.4, 0.5) is 0 Å². The number of amides is 1. The van der Waals surface area contributed by atoms with Crippen molar-refractivity contribution in [2.75, 3.05) is 20.1 Å². The second kappa shape index (κ2) is 8.11. The lowest BCUT2D eigenvalue weighted by molar-refractivity contribution is 0.0921. The van der Waals surface area contributed by atoms with E-state index in [1.165, 1.54) is 22.1 Å². The van der Waals surface area contributed by atoms with Gasteiger partial charge in [0.2, 0.25) is 0 Å². The van der Waals surface area contributed by atoms with E-state index >= 15 is 0 Å². The zero-order chi connectivity index (χ0) is 18.6. The van der Waals surface area contributed by atoms with Crippen LogP contribution in [-0.4, -0.2) is 37.0 Å². The van der Waals surface area contributed by atoms with E-state index in [1.54, 1.807) is 0 Å². The van der Waals surface area contributed by atoms with E-state index in [0.29, 0.717) is 6.61 Å². The van der Waals surface area contributed by atoms with Gasteiger partial charge in [-0.1, -0.05) is 30.3 Å². The number of ether oxygens (including phenoxy) is 1. The van der Waals surface area contributed by atoms with Crippen LogP contribution in [0, 0.1) is 0 Å². The molecule has 0 atom stereocenters. The van der Waals surface area contributed by atoms with Crippen LogP contribution < -0.4 is 10.1 Å². The molecule has 1 amide bonds. The first kappa shape index (κ1) is 18.0. The first-order valence-corrected chi connectivity index (χ1v) is 10.2. The molecule has 1 saturated heterocycles. The molecule has 4 rings (SSSR count). The Labute approximate surface area is 163 Å². The van der Waals surface area contributed by atoms with E-state index < -0.39 is 0 Å². The highest BCUT2D eigenvalue weighted by Gasteiger charge is 2.19. The van der Waals surface area contributed by atoms with E-state index in [9.17, 15) is 4.79 Å². The zero-order valence-electron chi connectivity index (χ0n) is 15.5. The van der Waals surface area contributed by atoms with Gasteiger partial charge in [0.15, 0.2) is 0 Å². The molecular formula is C22H24N2O2S. The molecule has 1 aliphatic heterocycles. The van der Waals surface area contributed by atoms with Gasteiger partial charge in [-0.15, -0.1) is 11.3 Å². The molecule has 0 aliphatic carbocycles. The molecule has 5 heteroatoms. The van der Waals surface area contributed by atoms with E-state index in [2.05, 4.69) is 41.5 Å². The monoisotopic (exact) mass is 380 g/mol. The van der Waals surface area contributed by atoms with Crippen LogP contribution in [0.25, 0.3) is 10.8 Å². The molecule has 140 valence electrons. The molecule has 0 spiro atoms. The summed E-state index contributed by atoms with van der Waals surface area (Å²) < 4.78 is 5.92. The van der Waals surface area contributed by atoms with Gasteiger partial charge in [0.1, 0.15) is 12.4 Å². The van der Waals surface area contributed by atoms with Crippen molar-refractivity contribution in [2.24, 2.45) is 0 Å². The topological polar surface area (TPSA) is 41.6 Å². The Balaban J connectivity index is 1.34. The Bertz CT molecular complexity index is 929. The number of fused-ring (bicyclic) bond motifs is 1. The smallest absolute Gasteiger partial charge is 0.261 e. The number of nitrogens with zero attached hydrogens (tertiary/aromatic N) is 1. The Morgan fingerprint density at radius 1 is 1.15 bits per heavy atom. The fourth-order valence-electron chi connectivity index (χ4n) is 3.40. The molecule has 2 aromatic carbocycles. The molecule has 2 heterocycles. The molecule has 1 fully saturated rings. The van der Waals surface area contributed by atoms with Crippen LogP contribution in [0.3, 0.4) is 0 Å². The number of carbonyl (C=O) groups excluding carboxylic acids is 1. The average molecular weight is 381 g/mol. The number of carbonyl (C=O) groups is 1. The van der Waals surface area contributed by atoms with Crippen LogP contribution in [0.1, 0.15) is 28.1 Å². The van der Waals surface area contributed by atoms with Gasteiger partial charge in [0.05, 0.1) is 4.88 Å². The third-order valence-corrected chi connectivity index (χ3v) is 6.04. The minimum absolute atomic E-state index is 0.0338. The van der Waals surface area contributed by atoms with Crippen molar-refractivity contribution < 1.29 is 9.53 Å². The standard InChI is InChI=1S/C22H24N2O2S/c1-24-10-8-19(9-11-24)23-22(25)21-12-16(15-27-21)14-26-20-7-6-17-4-2-3-5-18(17)13-20/h2-7,12-13,15,19H,8-11,14H2,1H3,(H,23,25). The summed E-state index contributed by atoms with van der Waals surface area (Å²) in [5.74, 6) is 0.878. The number of benzene rings is 2. The van der Waals surface area contributed by atoms with E-state index in [4.69, 9.17) is 4.74 Å². The number of piperidine rings is 1. The molecule has 4 nitrogen and oxygen atoms in total. The van der Waals surface area contributed by atoms with Gasteiger partial charge in [0, 0.05) is 11.6 Å². The number of hydrogen-bond donors (Lipinski definition) is 1. The third-order valence-electron chi connectivity index (χ3n) is 5.06. The maximum atomic E-state index is 12.5. The van der Waals surface area contributed by atoms with Crippen LogP contribution in [0.15, 0.2) is 53.9 Å². The lowest BCUT2D eigenvalue weighted by Crippen LogP contribution is -2.43. The van der Waals surface area contributed by atoms with Crippen LogP contribution >= 0.6 is 11.3 Å². The van der Waals surface area contributed by atoms with E-state index in [0.717, 1.165) is 42.1 Å². The van der Waals surface area contributed by atoms with Gasteiger partial charge in [-0.25, -0.2) is 0 Å². The van der Waals surface area contributed by atoms with Gasteiger partial charge < -0.3 is 15.0 Å². The summed E-state index contributed by atoms with van der Waals surface area (Å²) in [7, 11) is 2.12. The summed E-state index contributed by atoms with van der Waals surface area (Å²) in [6.45, 7) is 2.55. The maximum Gasteiger partial charge on any atom is 0.261 e. The maximum absolute atomic E-state index is 12.5. The van der Waals surface area contributed by atoms with Crippen molar-refractivity contribution in [3.8, 4) is 5.75 Å². The van der Waals surface area contributed by atoms with Crippen molar-refractivity contribution in [1.82, 2.24) is 10.2 Å². The van der Waals surface area contributed by atoms with Crippen molar-refractivity contribution in [3.05, 3.63) is 64.4 Å². The molecule has 27 heavy (non-hydrogen) atoms. The first-order chi connectivity index (χ1) is 13.2. The van der Waals surface area contributed by atoms with E-state index in [-0.39, 0.29) is 11.9 Å². The van der Waals surface area contributed by atoms with Gasteiger partial charge in [0.25, 0.3) is 5.91 Å². The highest BCUT2D eigenvalue weighted by molar-refractivity contribution is 7.12. The van der Waals surface area contributed by atoms with Crippen LogP contribution in [0.2, 0.25) is 0 Å². The normalized spacial score (nSPS) is 15.7. The SMILES string of the molecule is CN1CCC(NC(=O)c2cc(COc3ccc4ccccc4c3)cs2)CC1. The van der Waals surface area contributed by atoms with Gasteiger partial charge in [-0.05, 0) is 67.3 Å². The fourth-order valence-corrected chi connectivity index (χ4v) is 4.20. The molecule has 1 aliphatic rings. The summed E-state index contributed by atoms with van der Waals surface area (Å²) in [6, 6.07) is 16.6. The minimum atomic E-state index is 0.0338. The van der Waals surface area contributed by atoms with Gasteiger partial charge in [-0.2, -0.15) is 0 Å². The number of hydrogen-bond acceptors (Lipinski definition) is 4. The van der Waals surface area contributed by atoms with Crippen molar-refractivity contribution in [2.45, 2.75) is 25.5 Å². The Hall–Kier alpha value is -2.37. The molecule has 0 bridgehead atoms. The molecule has 1 aromatic heterocycles. The number of rotatable bonds is 5. The van der Waals surface area contributed by atoms with Crippen LogP contribution in [-0.2, 0) is 6.61 Å². The predicted molar refractivity (Wildman–Crippen MR) is 111 cm³/mol. The quantitative estimate of drug-likeness (QED) is 0.717. The molecular weight excluding hydrogens is 356 g/mol. The van der Waals surface area contributed by atoms with E-state index in [1.807, 2.05) is 29.6 Å². The summed E-state index contributed by atoms with van der Waals surface area (Å²) in [5.41, 5.74) is 1.03. The van der Waals surface area contributed by atoms with Crippen LogP contribution in [0.5, 0.6) is 5.75 Å². The summed E-state index contributed by atoms with van der Waals surface area (Å²) >= 11 is 1.48. The summed E-state index contributed by atoms with van der Waals surface area (Å²) in [6.07, 6.45) is 2.04. The molecule has 0 radical (unpaired) electrons. The third kappa shape index (κ3) is 4.49. The van der Waals surface area contributed by atoms with Crippen molar-refractivity contribution in [1.29, 1.82) is 0 Å². The van der Waals surface area contributed by atoms with Crippen molar-refractivity contribution in [3.63, 3.8) is 0 Å². The van der Waals surface area contributed by atoms with Crippen molar-refractivity contribution >= 4 is 28.0 Å². The average Bonchev–Trinajstić information content (AvgIpc) is 3.17. The first-order valence-electron chi connectivity index (χ1n) is 9.36. The summed E-state index contributed by atoms with van der Waals surface area (Å²) in [5, 5.41) is 7.54. The minimum Gasteiger partial charge on any atom is -0.489 e. The highest BCUT2D eigenvalue weighted by Crippen LogP contribution is 2.23.